The van der Waals surface area contributed by atoms with Crippen LogP contribution in [0.25, 0.3) is 16.7 Å². The Balaban J connectivity index is 1.60. The maximum Gasteiger partial charge on any atom is 0.255 e. The summed E-state index contributed by atoms with van der Waals surface area (Å²) in [5, 5.41) is 7.51. The monoisotopic (exact) mass is 387 g/mol. The first-order valence-electron chi connectivity index (χ1n) is 9.79. The molecule has 6 nitrogen and oxygen atoms in total. The Kier molecular flexibility index (Phi) is 4.92. The Morgan fingerprint density at radius 2 is 1.83 bits per heavy atom. The van der Waals surface area contributed by atoms with Gasteiger partial charge in [-0.15, -0.1) is 0 Å². The molecule has 0 aliphatic carbocycles. The minimum atomic E-state index is -0.140. The fourth-order valence-electron chi connectivity index (χ4n) is 3.59. The molecule has 0 spiro atoms. The average molecular weight is 387 g/mol. The topological polar surface area (TPSA) is 64.7 Å². The van der Waals surface area contributed by atoms with Gasteiger partial charge in [0.2, 0.25) is 0 Å². The third-order valence-electron chi connectivity index (χ3n) is 5.16. The molecule has 4 aromatic rings. The van der Waals surface area contributed by atoms with Gasteiger partial charge in [-0.1, -0.05) is 43.7 Å². The highest BCUT2D eigenvalue weighted by Gasteiger charge is 2.21. The van der Waals surface area contributed by atoms with Crippen molar-refractivity contribution in [3.8, 4) is 5.69 Å². The summed E-state index contributed by atoms with van der Waals surface area (Å²) in [6.45, 7) is 6.56. The molecule has 148 valence electrons. The van der Waals surface area contributed by atoms with E-state index in [9.17, 15) is 4.79 Å². The number of hydrogen-bond acceptors (Lipinski definition) is 3. The molecule has 0 radical (unpaired) electrons. The van der Waals surface area contributed by atoms with E-state index >= 15 is 0 Å². The fourth-order valence-corrected chi connectivity index (χ4v) is 3.59. The Labute approximate surface area is 170 Å². The summed E-state index contributed by atoms with van der Waals surface area (Å²) in [6, 6.07) is 16.1. The third kappa shape index (κ3) is 3.53. The minimum absolute atomic E-state index is 0.140. The number of aromatic nitrogens is 4. The quantitative estimate of drug-likeness (QED) is 0.560. The first-order valence-corrected chi connectivity index (χ1v) is 9.79. The number of nitrogens with one attached hydrogen (secondary N) is 1. The van der Waals surface area contributed by atoms with Crippen molar-refractivity contribution >= 4 is 16.9 Å². The van der Waals surface area contributed by atoms with Gasteiger partial charge in [0.25, 0.3) is 5.91 Å². The maximum absolute atomic E-state index is 13.0. The molecule has 2 aromatic heterocycles. The van der Waals surface area contributed by atoms with E-state index in [1.54, 1.807) is 6.20 Å². The zero-order valence-corrected chi connectivity index (χ0v) is 17.2. The molecule has 0 unspecified atom stereocenters. The summed E-state index contributed by atoms with van der Waals surface area (Å²) >= 11 is 0. The second-order valence-electron chi connectivity index (χ2n) is 7.60. The van der Waals surface area contributed by atoms with E-state index in [-0.39, 0.29) is 11.8 Å². The van der Waals surface area contributed by atoms with Crippen LogP contribution in [0.3, 0.4) is 0 Å². The number of amides is 1. The van der Waals surface area contributed by atoms with Crippen molar-refractivity contribution in [1.29, 1.82) is 0 Å². The van der Waals surface area contributed by atoms with Gasteiger partial charge in [0.1, 0.15) is 5.82 Å². The molecule has 1 N–H and O–H groups in total. The Morgan fingerprint density at radius 1 is 1.10 bits per heavy atom. The van der Waals surface area contributed by atoms with Gasteiger partial charge in [0, 0.05) is 7.05 Å². The van der Waals surface area contributed by atoms with Crippen LogP contribution in [0.15, 0.2) is 54.7 Å². The average Bonchev–Trinajstić information content (AvgIpc) is 3.29. The minimum Gasteiger partial charge on any atom is -0.345 e. The Bertz CT molecular complexity index is 1170. The van der Waals surface area contributed by atoms with Gasteiger partial charge in [-0.2, -0.15) is 5.10 Å². The molecule has 29 heavy (non-hydrogen) atoms. The van der Waals surface area contributed by atoms with Crippen LogP contribution in [0.5, 0.6) is 0 Å². The number of nitrogens with zero attached hydrogens (tertiary/aromatic N) is 4. The van der Waals surface area contributed by atoms with Crippen LogP contribution in [0.2, 0.25) is 0 Å². The van der Waals surface area contributed by atoms with Gasteiger partial charge in [0.05, 0.1) is 40.7 Å². The summed E-state index contributed by atoms with van der Waals surface area (Å²) in [4.78, 5) is 17.6. The van der Waals surface area contributed by atoms with Gasteiger partial charge in [0.15, 0.2) is 0 Å². The molecule has 0 bridgehead atoms. The number of carbonyl (C=O) groups excluding carboxylic acids is 1. The molecule has 2 heterocycles. The van der Waals surface area contributed by atoms with Crippen molar-refractivity contribution < 1.29 is 4.79 Å². The highest BCUT2D eigenvalue weighted by molar-refractivity contribution is 5.95. The molecule has 4 rings (SSSR count). The molecular formula is C23H25N5O. The highest BCUT2D eigenvalue weighted by Crippen LogP contribution is 2.23. The van der Waals surface area contributed by atoms with E-state index in [0.717, 1.165) is 28.2 Å². The van der Waals surface area contributed by atoms with Crippen molar-refractivity contribution in [2.75, 3.05) is 0 Å². The van der Waals surface area contributed by atoms with E-state index in [2.05, 4.69) is 36.2 Å². The van der Waals surface area contributed by atoms with Gasteiger partial charge >= 0.3 is 0 Å². The number of rotatable bonds is 5. The lowest BCUT2D eigenvalue weighted by Gasteiger charge is -2.13. The maximum atomic E-state index is 13.0. The van der Waals surface area contributed by atoms with E-state index in [1.807, 2.05) is 64.8 Å². The van der Waals surface area contributed by atoms with Crippen LogP contribution < -0.4 is 5.32 Å². The molecule has 0 saturated carbocycles. The smallest absolute Gasteiger partial charge is 0.255 e. The van der Waals surface area contributed by atoms with E-state index < -0.39 is 0 Å². The molecule has 6 heteroatoms. The number of para-hydroxylation sites is 2. The largest absolute Gasteiger partial charge is 0.345 e. The summed E-state index contributed by atoms with van der Waals surface area (Å²) in [7, 11) is 1.96. The zero-order chi connectivity index (χ0) is 20.5. The predicted octanol–water partition coefficient (Wildman–Crippen LogP) is 4.12. The molecule has 0 aliphatic rings. The number of aryl methyl sites for hydroxylation is 2. The van der Waals surface area contributed by atoms with Crippen molar-refractivity contribution in [3.05, 3.63) is 77.4 Å². The number of hydrogen-bond donors (Lipinski definition) is 1. The Hall–Kier alpha value is -3.41. The van der Waals surface area contributed by atoms with Crippen LogP contribution >= 0.6 is 0 Å². The first-order chi connectivity index (χ1) is 14.0. The van der Waals surface area contributed by atoms with Crippen molar-refractivity contribution in [3.63, 3.8) is 0 Å². The van der Waals surface area contributed by atoms with Crippen molar-refractivity contribution in [1.82, 2.24) is 24.6 Å². The zero-order valence-electron chi connectivity index (χ0n) is 17.2. The van der Waals surface area contributed by atoms with Gasteiger partial charge < -0.3 is 9.88 Å². The fraction of sp³-hybridized carbons (Fsp3) is 0.261. The van der Waals surface area contributed by atoms with Gasteiger partial charge in [-0.3, -0.25) is 4.79 Å². The number of fused-ring (bicyclic) bond motifs is 1. The SMILES string of the molecule is Cc1ccc(-n2ncc(C(=O)NCc3nc4ccccc4n3C)c2C(C)C)cc1. The second-order valence-corrected chi connectivity index (χ2v) is 7.60. The lowest BCUT2D eigenvalue weighted by molar-refractivity contribution is 0.0948. The molecule has 0 atom stereocenters. The Morgan fingerprint density at radius 3 is 2.52 bits per heavy atom. The van der Waals surface area contributed by atoms with Crippen LogP contribution in [-0.4, -0.2) is 25.2 Å². The highest BCUT2D eigenvalue weighted by atomic mass is 16.1. The normalized spacial score (nSPS) is 11.3. The van der Waals surface area contributed by atoms with E-state index in [0.29, 0.717) is 12.1 Å². The van der Waals surface area contributed by atoms with Crippen LogP contribution in [-0.2, 0) is 13.6 Å². The molecule has 0 fully saturated rings. The summed E-state index contributed by atoms with van der Waals surface area (Å²) < 4.78 is 3.86. The second kappa shape index (κ2) is 7.54. The third-order valence-corrected chi connectivity index (χ3v) is 5.16. The lowest BCUT2D eigenvalue weighted by atomic mass is 10.0. The number of benzene rings is 2. The van der Waals surface area contributed by atoms with Crippen LogP contribution in [0, 0.1) is 6.92 Å². The number of carbonyl (C=O) groups is 1. The standard InChI is InChI=1S/C23H25N5O/c1-15(2)22-18(13-25-28(22)17-11-9-16(3)10-12-17)23(29)24-14-21-26-19-7-5-6-8-20(19)27(21)4/h5-13,15H,14H2,1-4H3,(H,24,29). The van der Waals surface area contributed by atoms with Crippen molar-refractivity contribution in [2.24, 2.45) is 7.05 Å². The summed E-state index contributed by atoms with van der Waals surface area (Å²) in [5.41, 5.74) is 5.61. The lowest BCUT2D eigenvalue weighted by Crippen LogP contribution is -2.25. The summed E-state index contributed by atoms with van der Waals surface area (Å²) in [5.74, 6) is 0.825. The molecule has 0 saturated heterocycles. The van der Waals surface area contributed by atoms with Gasteiger partial charge in [-0.25, -0.2) is 9.67 Å². The molecule has 1 amide bonds. The first kappa shape index (κ1) is 18.9. The molecular weight excluding hydrogens is 362 g/mol. The van der Waals surface area contributed by atoms with E-state index in [1.165, 1.54) is 5.56 Å². The van der Waals surface area contributed by atoms with Crippen LogP contribution in [0.4, 0.5) is 0 Å². The molecule has 2 aromatic carbocycles. The van der Waals surface area contributed by atoms with Crippen LogP contribution in [0.1, 0.15) is 47.2 Å². The van der Waals surface area contributed by atoms with E-state index in [4.69, 9.17) is 0 Å². The summed E-state index contributed by atoms with van der Waals surface area (Å²) in [6.07, 6.45) is 1.65. The van der Waals surface area contributed by atoms with Crippen molar-refractivity contribution in [2.45, 2.75) is 33.2 Å². The van der Waals surface area contributed by atoms with Gasteiger partial charge in [-0.05, 0) is 37.1 Å². The predicted molar refractivity (Wildman–Crippen MR) is 114 cm³/mol. The number of imidazole rings is 1. The molecule has 0 aliphatic heterocycles.